The van der Waals surface area contributed by atoms with Gasteiger partial charge in [-0.05, 0) is 35.9 Å². The molecule has 3 aromatic rings. The summed E-state index contributed by atoms with van der Waals surface area (Å²) in [7, 11) is 0. The van der Waals surface area contributed by atoms with Gasteiger partial charge < -0.3 is 0 Å². The number of benzene rings is 2. The Morgan fingerprint density at radius 3 is 2.57 bits per heavy atom. The number of nitrogens with one attached hydrogen (secondary N) is 1. The molecule has 7 heteroatoms. The van der Waals surface area contributed by atoms with E-state index >= 15 is 0 Å². The van der Waals surface area contributed by atoms with E-state index in [1.54, 1.807) is 24.3 Å². The first-order valence-electron chi connectivity index (χ1n) is 6.52. The van der Waals surface area contributed by atoms with E-state index in [9.17, 15) is 4.79 Å². The minimum Gasteiger partial charge on any atom is -0.298 e. The maximum atomic E-state index is 12.0. The van der Waals surface area contributed by atoms with Crippen LogP contribution in [0.25, 0.3) is 16.3 Å². The van der Waals surface area contributed by atoms with Gasteiger partial charge in [0, 0.05) is 11.1 Å². The summed E-state index contributed by atoms with van der Waals surface area (Å²) in [5, 5.41) is 4.65. The first kappa shape index (κ1) is 16.3. The third kappa shape index (κ3) is 3.85. The van der Waals surface area contributed by atoms with Crippen molar-refractivity contribution in [1.29, 1.82) is 0 Å². The van der Waals surface area contributed by atoms with E-state index in [1.807, 2.05) is 18.2 Å². The molecule has 0 bridgehead atoms. The number of hydrogen-bond acceptors (Lipinski definition) is 3. The molecule has 23 heavy (non-hydrogen) atoms. The fourth-order valence-corrected chi connectivity index (χ4v) is 3.30. The van der Waals surface area contributed by atoms with Gasteiger partial charge in [0.2, 0.25) is 5.91 Å². The molecule has 0 atom stereocenters. The van der Waals surface area contributed by atoms with Crippen LogP contribution in [0.4, 0.5) is 5.13 Å². The van der Waals surface area contributed by atoms with E-state index in [2.05, 4.69) is 10.3 Å². The number of carbonyl (C=O) groups is 1. The Kier molecular flexibility index (Phi) is 4.87. The van der Waals surface area contributed by atoms with Crippen LogP contribution in [0.5, 0.6) is 0 Å². The summed E-state index contributed by atoms with van der Waals surface area (Å²) in [4.78, 5) is 16.3. The van der Waals surface area contributed by atoms with Crippen LogP contribution in [-0.4, -0.2) is 10.9 Å². The largest absolute Gasteiger partial charge is 0.298 e. The average Bonchev–Trinajstić information content (AvgIpc) is 2.94. The number of anilines is 1. The Morgan fingerprint density at radius 2 is 1.83 bits per heavy atom. The van der Waals surface area contributed by atoms with E-state index in [0.29, 0.717) is 25.7 Å². The van der Waals surface area contributed by atoms with Gasteiger partial charge in [0.25, 0.3) is 0 Å². The molecule has 0 radical (unpaired) electrons. The minimum atomic E-state index is -0.277. The highest BCUT2D eigenvalue weighted by atomic mass is 35.5. The van der Waals surface area contributed by atoms with E-state index in [1.165, 1.54) is 17.4 Å². The maximum absolute atomic E-state index is 12.0. The van der Waals surface area contributed by atoms with Gasteiger partial charge in [-0.25, -0.2) is 4.98 Å². The number of aromatic nitrogens is 1. The molecular weight excluding hydrogens is 375 g/mol. The molecule has 3 nitrogen and oxygen atoms in total. The number of fused-ring (bicyclic) bond motifs is 1. The summed E-state index contributed by atoms with van der Waals surface area (Å²) in [6.07, 6.45) is 3.13. The van der Waals surface area contributed by atoms with Crippen LogP contribution in [0.2, 0.25) is 15.1 Å². The van der Waals surface area contributed by atoms with Crippen molar-refractivity contribution in [3.05, 3.63) is 63.1 Å². The zero-order chi connectivity index (χ0) is 16.4. The van der Waals surface area contributed by atoms with Crippen LogP contribution in [0.1, 0.15) is 5.56 Å². The van der Waals surface area contributed by atoms with E-state index in [-0.39, 0.29) is 5.91 Å². The molecule has 0 saturated carbocycles. The van der Waals surface area contributed by atoms with Crippen molar-refractivity contribution >= 4 is 73.5 Å². The van der Waals surface area contributed by atoms with Crippen molar-refractivity contribution in [2.24, 2.45) is 0 Å². The SMILES string of the molecule is O=C(/C=C/c1ccc(Cl)cc1)Nc1nc2c(Cl)c(Cl)ccc2s1. The van der Waals surface area contributed by atoms with Crippen LogP contribution in [-0.2, 0) is 4.79 Å². The Morgan fingerprint density at radius 1 is 1.09 bits per heavy atom. The van der Waals surface area contributed by atoms with Crippen LogP contribution in [0, 0.1) is 0 Å². The number of rotatable bonds is 3. The zero-order valence-corrected chi connectivity index (χ0v) is 14.6. The third-order valence-electron chi connectivity index (χ3n) is 2.98. The lowest BCUT2D eigenvalue weighted by atomic mass is 10.2. The molecule has 0 unspecified atom stereocenters. The molecule has 0 aliphatic heterocycles. The smallest absolute Gasteiger partial charge is 0.250 e. The molecule has 2 aromatic carbocycles. The molecule has 1 heterocycles. The Balaban J connectivity index is 1.75. The summed E-state index contributed by atoms with van der Waals surface area (Å²) in [6, 6.07) is 10.7. The van der Waals surface area contributed by atoms with Crippen LogP contribution in [0.3, 0.4) is 0 Å². The molecular formula is C16H9Cl3N2OS. The molecule has 1 aromatic heterocycles. The fourth-order valence-electron chi connectivity index (χ4n) is 1.88. The second kappa shape index (κ2) is 6.89. The van der Waals surface area contributed by atoms with Crippen LogP contribution in [0.15, 0.2) is 42.5 Å². The minimum absolute atomic E-state index is 0.277. The standard InChI is InChI=1S/C16H9Cl3N2OS/c17-10-4-1-9(2-5-10)3-8-13(22)20-16-21-15-12(23-16)7-6-11(18)14(15)19/h1-8H,(H,20,21,22)/b8-3+. The lowest BCUT2D eigenvalue weighted by molar-refractivity contribution is -0.111. The highest BCUT2D eigenvalue weighted by Gasteiger charge is 2.11. The van der Waals surface area contributed by atoms with Gasteiger partial charge in [0.1, 0.15) is 5.52 Å². The molecule has 0 aliphatic carbocycles. The molecule has 0 aliphatic rings. The second-order valence-electron chi connectivity index (χ2n) is 4.60. The molecule has 1 N–H and O–H groups in total. The summed E-state index contributed by atoms with van der Waals surface area (Å²) in [5.74, 6) is -0.277. The summed E-state index contributed by atoms with van der Waals surface area (Å²) < 4.78 is 0.858. The Hall–Kier alpha value is -1.59. The quantitative estimate of drug-likeness (QED) is 0.571. The van der Waals surface area contributed by atoms with Crippen molar-refractivity contribution < 1.29 is 4.79 Å². The van der Waals surface area contributed by atoms with Gasteiger partial charge in [-0.15, -0.1) is 0 Å². The lowest BCUT2D eigenvalue weighted by Gasteiger charge is -1.96. The predicted octanol–water partition coefficient (Wildman–Crippen LogP) is 5.91. The van der Waals surface area contributed by atoms with E-state index in [0.717, 1.165) is 10.3 Å². The second-order valence-corrected chi connectivity index (χ2v) is 6.85. The molecule has 0 spiro atoms. The van der Waals surface area contributed by atoms with Crippen molar-refractivity contribution in [2.45, 2.75) is 0 Å². The summed E-state index contributed by atoms with van der Waals surface area (Å²) in [5.41, 5.74) is 1.46. The van der Waals surface area contributed by atoms with Gasteiger partial charge >= 0.3 is 0 Å². The maximum Gasteiger partial charge on any atom is 0.250 e. The van der Waals surface area contributed by atoms with E-state index in [4.69, 9.17) is 34.8 Å². The van der Waals surface area contributed by atoms with Gasteiger partial charge in [-0.3, -0.25) is 10.1 Å². The highest BCUT2D eigenvalue weighted by molar-refractivity contribution is 7.22. The first-order chi connectivity index (χ1) is 11.0. The monoisotopic (exact) mass is 382 g/mol. The van der Waals surface area contributed by atoms with Gasteiger partial charge in [-0.2, -0.15) is 0 Å². The highest BCUT2D eigenvalue weighted by Crippen LogP contribution is 2.35. The van der Waals surface area contributed by atoms with Crippen molar-refractivity contribution in [1.82, 2.24) is 4.98 Å². The van der Waals surface area contributed by atoms with Crippen LogP contribution < -0.4 is 5.32 Å². The molecule has 1 amide bonds. The Bertz CT molecular complexity index is 904. The Labute approximate surface area is 151 Å². The number of hydrogen-bond donors (Lipinski definition) is 1. The average molecular weight is 384 g/mol. The van der Waals surface area contributed by atoms with Crippen LogP contribution >= 0.6 is 46.1 Å². The normalized spacial score (nSPS) is 11.3. The van der Waals surface area contributed by atoms with Crippen molar-refractivity contribution in [2.75, 3.05) is 5.32 Å². The number of halogens is 3. The summed E-state index contributed by atoms with van der Waals surface area (Å²) >= 11 is 19.2. The lowest BCUT2D eigenvalue weighted by Crippen LogP contribution is -2.07. The van der Waals surface area contributed by atoms with Gasteiger partial charge in [-0.1, -0.05) is 58.3 Å². The van der Waals surface area contributed by atoms with E-state index < -0.39 is 0 Å². The first-order valence-corrected chi connectivity index (χ1v) is 8.47. The topological polar surface area (TPSA) is 42.0 Å². The van der Waals surface area contributed by atoms with Crippen molar-refractivity contribution in [3.63, 3.8) is 0 Å². The molecule has 0 saturated heterocycles. The fraction of sp³-hybridized carbons (Fsp3) is 0. The summed E-state index contributed by atoms with van der Waals surface area (Å²) in [6.45, 7) is 0. The molecule has 116 valence electrons. The van der Waals surface area contributed by atoms with Crippen molar-refractivity contribution in [3.8, 4) is 0 Å². The molecule has 0 fully saturated rings. The number of thiazole rings is 1. The zero-order valence-electron chi connectivity index (χ0n) is 11.5. The number of carbonyl (C=O) groups excluding carboxylic acids is 1. The predicted molar refractivity (Wildman–Crippen MR) is 98.8 cm³/mol. The third-order valence-corrected chi connectivity index (χ3v) is 4.96. The number of amides is 1. The van der Waals surface area contributed by atoms with Gasteiger partial charge in [0.15, 0.2) is 5.13 Å². The molecule has 3 rings (SSSR count). The number of nitrogens with zero attached hydrogens (tertiary/aromatic N) is 1. The van der Waals surface area contributed by atoms with Gasteiger partial charge in [0.05, 0.1) is 14.7 Å².